The number of benzene rings is 1. The Morgan fingerprint density at radius 1 is 1.29 bits per heavy atom. The highest BCUT2D eigenvalue weighted by molar-refractivity contribution is 6.31. The highest BCUT2D eigenvalue weighted by atomic mass is 35.5. The minimum atomic E-state index is 0.114. The van der Waals surface area contributed by atoms with Crippen molar-refractivity contribution >= 4 is 23.0 Å². The third-order valence-electron chi connectivity index (χ3n) is 5.15. The molecule has 1 atom stereocenters. The average molecular weight is 309 g/mol. The van der Waals surface area contributed by atoms with Crippen LogP contribution in [0, 0.1) is 0 Å². The monoisotopic (exact) mass is 308 g/mol. The molecule has 1 unspecified atom stereocenters. The zero-order valence-corrected chi connectivity index (χ0v) is 13.5. The molecule has 2 fully saturated rings. The van der Waals surface area contributed by atoms with Crippen LogP contribution in [-0.2, 0) is 4.74 Å². The van der Waals surface area contributed by atoms with E-state index in [9.17, 15) is 0 Å². The van der Waals surface area contributed by atoms with Gasteiger partial charge in [-0.15, -0.1) is 0 Å². The largest absolute Gasteiger partial charge is 0.397 e. The molecule has 1 saturated heterocycles. The normalized spacial score (nSPS) is 25.0. The van der Waals surface area contributed by atoms with Crippen LogP contribution in [0.1, 0.15) is 44.9 Å². The summed E-state index contributed by atoms with van der Waals surface area (Å²) in [5.74, 6) is 0. The van der Waals surface area contributed by atoms with E-state index < -0.39 is 0 Å². The van der Waals surface area contributed by atoms with Crippen molar-refractivity contribution in [2.24, 2.45) is 0 Å². The van der Waals surface area contributed by atoms with E-state index in [2.05, 4.69) is 11.9 Å². The van der Waals surface area contributed by atoms with Gasteiger partial charge < -0.3 is 15.4 Å². The number of rotatable bonds is 2. The minimum Gasteiger partial charge on any atom is -0.397 e. The summed E-state index contributed by atoms with van der Waals surface area (Å²) in [7, 11) is 2.13. The smallest absolute Gasteiger partial charge is 0.0702 e. The predicted octanol–water partition coefficient (Wildman–Crippen LogP) is 4.24. The van der Waals surface area contributed by atoms with Crippen LogP contribution in [-0.4, -0.2) is 25.3 Å². The Balaban J connectivity index is 1.77. The van der Waals surface area contributed by atoms with Crippen molar-refractivity contribution in [2.75, 3.05) is 24.3 Å². The first-order chi connectivity index (χ1) is 10.1. The van der Waals surface area contributed by atoms with E-state index in [1.165, 1.54) is 32.1 Å². The van der Waals surface area contributed by atoms with E-state index in [0.717, 1.165) is 35.8 Å². The summed E-state index contributed by atoms with van der Waals surface area (Å²) in [6.45, 7) is 0.857. The van der Waals surface area contributed by atoms with Gasteiger partial charge in [0.2, 0.25) is 0 Å². The van der Waals surface area contributed by atoms with Gasteiger partial charge in [0.05, 0.1) is 17.0 Å². The van der Waals surface area contributed by atoms with Crippen LogP contribution in [0.2, 0.25) is 5.02 Å². The summed E-state index contributed by atoms with van der Waals surface area (Å²) >= 11 is 6.14. The van der Waals surface area contributed by atoms with Gasteiger partial charge in [-0.2, -0.15) is 0 Å². The van der Waals surface area contributed by atoms with Crippen LogP contribution in [0.15, 0.2) is 18.2 Å². The fourth-order valence-corrected chi connectivity index (χ4v) is 4.06. The first-order valence-electron chi connectivity index (χ1n) is 8.01. The number of nitrogen functional groups attached to an aromatic ring is 1. The molecule has 1 aromatic carbocycles. The Hall–Kier alpha value is -0.930. The van der Waals surface area contributed by atoms with Crippen LogP contribution >= 0.6 is 11.6 Å². The maximum absolute atomic E-state index is 6.19. The second-order valence-electron chi connectivity index (χ2n) is 6.55. The van der Waals surface area contributed by atoms with Crippen LogP contribution in [0.5, 0.6) is 0 Å². The second kappa shape index (κ2) is 6.05. The molecule has 1 aromatic rings. The van der Waals surface area contributed by atoms with Crippen LogP contribution in [0.4, 0.5) is 11.4 Å². The van der Waals surface area contributed by atoms with Gasteiger partial charge in [0.15, 0.2) is 0 Å². The highest BCUT2D eigenvalue weighted by Crippen LogP contribution is 2.41. The average Bonchev–Trinajstić information content (AvgIpc) is 2.50. The lowest BCUT2D eigenvalue weighted by Gasteiger charge is -2.46. The van der Waals surface area contributed by atoms with Gasteiger partial charge in [0.25, 0.3) is 0 Å². The molecule has 2 aliphatic rings. The molecule has 0 aromatic heterocycles. The molecular formula is C17H25ClN2O. The summed E-state index contributed by atoms with van der Waals surface area (Å²) in [5.41, 5.74) is 8.09. The van der Waals surface area contributed by atoms with Crippen LogP contribution < -0.4 is 10.6 Å². The molecule has 2 N–H and O–H groups in total. The molecule has 21 heavy (non-hydrogen) atoms. The molecule has 1 aliphatic heterocycles. The molecule has 0 bridgehead atoms. The Kier molecular flexibility index (Phi) is 4.32. The molecule has 3 rings (SSSR count). The Bertz CT molecular complexity index is 494. The van der Waals surface area contributed by atoms with Crippen molar-refractivity contribution in [3.8, 4) is 0 Å². The molecule has 4 heteroatoms. The SMILES string of the molecule is CN(c1cc(Cl)ccc1N)C1CCOC2(CCCCC2)C1. The molecule has 1 saturated carbocycles. The summed E-state index contributed by atoms with van der Waals surface area (Å²) in [6.07, 6.45) is 8.54. The van der Waals surface area contributed by atoms with E-state index in [-0.39, 0.29) is 5.60 Å². The first-order valence-corrected chi connectivity index (χ1v) is 8.39. The Morgan fingerprint density at radius 2 is 2.05 bits per heavy atom. The van der Waals surface area contributed by atoms with Crippen molar-refractivity contribution in [1.82, 2.24) is 0 Å². The number of hydrogen-bond donors (Lipinski definition) is 1. The molecule has 3 nitrogen and oxygen atoms in total. The van der Waals surface area contributed by atoms with Crippen LogP contribution in [0.3, 0.4) is 0 Å². The molecule has 1 spiro atoms. The molecule has 0 radical (unpaired) electrons. The summed E-state index contributed by atoms with van der Waals surface area (Å²) < 4.78 is 6.19. The van der Waals surface area contributed by atoms with E-state index in [1.807, 2.05) is 18.2 Å². The Morgan fingerprint density at radius 3 is 2.81 bits per heavy atom. The van der Waals surface area contributed by atoms with Gasteiger partial charge in [-0.1, -0.05) is 30.9 Å². The highest BCUT2D eigenvalue weighted by Gasteiger charge is 2.39. The van der Waals surface area contributed by atoms with E-state index in [1.54, 1.807) is 0 Å². The summed E-state index contributed by atoms with van der Waals surface area (Å²) in [4.78, 5) is 2.31. The van der Waals surface area contributed by atoms with Gasteiger partial charge in [-0.25, -0.2) is 0 Å². The van der Waals surface area contributed by atoms with Gasteiger partial charge in [-0.05, 0) is 43.9 Å². The van der Waals surface area contributed by atoms with E-state index in [0.29, 0.717) is 6.04 Å². The van der Waals surface area contributed by atoms with E-state index in [4.69, 9.17) is 22.1 Å². The summed E-state index contributed by atoms with van der Waals surface area (Å²) in [5, 5.41) is 0.741. The van der Waals surface area contributed by atoms with Gasteiger partial charge in [0.1, 0.15) is 0 Å². The van der Waals surface area contributed by atoms with Crippen molar-refractivity contribution in [1.29, 1.82) is 0 Å². The molecule has 116 valence electrons. The number of hydrogen-bond acceptors (Lipinski definition) is 3. The van der Waals surface area contributed by atoms with E-state index >= 15 is 0 Å². The standard InChI is InChI=1S/C17H25ClN2O/c1-20(16-11-13(18)5-6-15(16)19)14-7-10-21-17(12-14)8-3-2-4-9-17/h5-6,11,14H,2-4,7-10,12,19H2,1H3. The zero-order valence-electron chi connectivity index (χ0n) is 12.8. The number of nitrogens with two attached hydrogens (primary N) is 1. The molecular weight excluding hydrogens is 284 g/mol. The predicted molar refractivity (Wildman–Crippen MR) is 89.1 cm³/mol. The summed E-state index contributed by atoms with van der Waals surface area (Å²) in [6, 6.07) is 6.20. The molecule has 1 aliphatic carbocycles. The van der Waals surface area contributed by atoms with Crippen LogP contribution in [0.25, 0.3) is 0 Å². The number of halogens is 1. The lowest BCUT2D eigenvalue weighted by Crippen LogP contribution is -2.48. The third-order valence-corrected chi connectivity index (χ3v) is 5.39. The van der Waals surface area contributed by atoms with Crippen molar-refractivity contribution in [3.63, 3.8) is 0 Å². The van der Waals surface area contributed by atoms with Gasteiger partial charge in [-0.3, -0.25) is 0 Å². The lowest BCUT2D eigenvalue weighted by atomic mass is 9.78. The van der Waals surface area contributed by atoms with Crippen molar-refractivity contribution < 1.29 is 4.74 Å². The van der Waals surface area contributed by atoms with Crippen molar-refractivity contribution in [3.05, 3.63) is 23.2 Å². The fourth-order valence-electron chi connectivity index (χ4n) is 3.90. The number of anilines is 2. The topological polar surface area (TPSA) is 38.5 Å². The minimum absolute atomic E-state index is 0.114. The third kappa shape index (κ3) is 3.14. The zero-order chi connectivity index (χ0) is 14.9. The lowest BCUT2D eigenvalue weighted by molar-refractivity contribution is -0.105. The maximum atomic E-state index is 6.19. The van der Waals surface area contributed by atoms with Gasteiger partial charge in [0, 0.05) is 24.7 Å². The number of ether oxygens (including phenoxy) is 1. The Labute approximate surface area is 132 Å². The molecule has 1 heterocycles. The van der Waals surface area contributed by atoms with Crippen molar-refractivity contribution in [2.45, 2.75) is 56.6 Å². The maximum Gasteiger partial charge on any atom is 0.0702 e. The quantitative estimate of drug-likeness (QED) is 0.830. The first kappa shape index (κ1) is 15.0. The number of nitrogens with zero attached hydrogens (tertiary/aromatic N) is 1. The fraction of sp³-hybridized carbons (Fsp3) is 0.647. The molecule has 0 amide bonds. The van der Waals surface area contributed by atoms with Gasteiger partial charge >= 0.3 is 0 Å². The second-order valence-corrected chi connectivity index (χ2v) is 6.99.